The second-order valence-corrected chi connectivity index (χ2v) is 8.19. The van der Waals surface area contributed by atoms with Crippen LogP contribution >= 0.6 is 11.3 Å². The van der Waals surface area contributed by atoms with E-state index in [1.165, 1.54) is 22.0 Å². The number of nitrogens with zero attached hydrogens (tertiary/aromatic N) is 4. The summed E-state index contributed by atoms with van der Waals surface area (Å²) in [7, 11) is 0. The molecule has 0 aliphatic heterocycles. The van der Waals surface area contributed by atoms with E-state index in [0.717, 1.165) is 10.1 Å². The smallest absolute Gasteiger partial charge is 0.319 e. The van der Waals surface area contributed by atoms with Gasteiger partial charge in [-0.2, -0.15) is 0 Å². The molecular formula is C21H17N5O3S. The van der Waals surface area contributed by atoms with E-state index >= 15 is 0 Å². The number of phenols is 1. The second-order valence-electron chi connectivity index (χ2n) is 7.30. The monoisotopic (exact) mass is 419 g/mol. The predicted octanol–water partition coefficient (Wildman–Crippen LogP) is 3.92. The Bertz CT molecular complexity index is 1480. The lowest BCUT2D eigenvalue weighted by Gasteiger charge is -2.12. The summed E-state index contributed by atoms with van der Waals surface area (Å²) >= 11 is 1.49. The van der Waals surface area contributed by atoms with Gasteiger partial charge in [-0.15, -0.1) is 16.4 Å². The standard InChI is InChI=1S/C21H17N5O3S/c1-10(2)12-6-11-7-13(16(27)8-14(11)23-20(12)28)19-24-25-21(29)26(19)15-4-3-5-17-18(15)22-9-30-17/h3-10,27H,1-2H3,(H,23,28)(H,25,29). The minimum Gasteiger partial charge on any atom is -0.507 e. The summed E-state index contributed by atoms with van der Waals surface area (Å²) < 4.78 is 2.41. The number of benzene rings is 2. The molecule has 5 rings (SSSR count). The molecule has 0 spiro atoms. The van der Waals surface area contributed by atoms with Crippen molar-refractivity contribution in [3.63, 3.8) is 0 Å². The third-order valence-electron chi connectivity index (χ3n) is 5.08. The number of rotatable bonds is 3. The van der Waals surface area contributed by atoms with Crippen LogP contribution < -0.4 is 5.56 Å². The molecule has 0 aliphatic rings. The maximum Gasteiger partial charge on any atom is 0.319 e. The topological polar surface area (TPSA) is 117 Å². The summed E-state index contributed by atoms with van der Waals surface area (Å²) in [6.45, 7) is 3.89. The van der Waals surface area contributed by atoms with E-state index < -0.39 is 0 Å². The lowest BCUT2D eigenvalue weighted by Crippen LogP contribution is -2.13. The summed E-state index contributed by atoms with van der Waals surface area (Å²) in [5.74, 6) is 0.226. The van der Waals surface area contributed by atoms with Gasteiger partial charge in [0.15, 0.2) is 5.82 Å². The van der Waals surface area contributed by atoms with E-state index in [2.05, 4.69) is 20.2 Å². The van der Waals surface area contributed by atoms with Crippen LogP contribution in [-0.2, 0) is 0 Å². The highest BCUT2D eigenvalue weighted by Gasteiger charge is 2.21. The second kappa shape index (κ2) is 6.67. The van der Waals surface area contributed by atoms with Gasteiger partial charge < -0.3 is 15.2 Å². The van der Waals surface area contributed by atoms with Crippen molar-refractivity contribution in [1.82, 2.24) is 24.7 Å². The Kier molecular flexibility index (Phi) is 4.07. The van der Waals surface area contributed by atoms with Crippen LogP contribution in [0.25, 0.3) is 38.2 Å². The first-order valence-corrected chi connectivity index (χ1v) is 10.2. The van der Waals surface area contributed by atoms with Gasteiger partial charge in [0.2, 0.25) is 0 Å². The van der Waals surface area contributed by atoms with Crippen molar-refractivity contribution in [3.8, 4) is 28.8 Å². The Morgan fingerprint density at radius 3 is 2.77 bits per heavy atom. The maximum atomic E-state index is 12.3. The molecule has 150 valence electrons. The molecule has 3 N–H and O–H groups in total. The van der Waals surface area contributed by atoms with Crippen LogP contribution in [0.4, 0.5) is 0 Å². The normalized spacial score (nSPS) is 11.7. The number of nitrogens with one attached hydrogen (secondary N) is 1. The van der Waals surface area contributed by atoms with Gasteiger partial charge in [0.1, 0.15) is 11.3 Å². The molecule has 0 aliphatic carbocycles. The minimum absolute atomic E-state index is 0.0466. The fourth-order valence-corrected chi connectivity index (χ4v) is 4.29. The highest BCUT2D eigenvalue weighted by molar-refractivity contribution is 7.16. The first-order chi connectivity index (χ1) is 14.4. The Morgan fingerprint density at radius 2 is 1.97 bits per heavy atom. The summed E-state index contributed by atoms with van der Waals surface area (Å²) in [6, 6.07) is 10.3. The Morgan fingerprint density at radius 1 is 1.13 bits per heavy atom. The zero-order chi connectivity index (χ0) is 21.0. The molecule has 0 unspecified atom stereocenters. The fraction of sp³-hybridized carbons (Fsp3) is 0.143. The van der Waals surface area contributed by atoms with Crippen molar-refractivity contribution < 1.29 is 10.2 Å². The average molecular weight is 419 g/mol. The van der Waals surface area contributed by atoms with Gasteiger partial charge in [-0.25, -0.2) is 9.55 Å². The van der Waals surface area contributed by atoms with Crippen LogP contribution in [0.3, 0.4) is 0 Å². The van der Waals surface area contributed by atoms with Gasteiger partial charge in [0.05, 0.1) is 27.0 Å². The first kappa shape index (κ1) is 18.3. The number of thiazole rings is 1. The molecule has 0 atom stereocenters. The third kappa shape index (κ3) is 2.74. The molecule has 0 amide bonds. The molecule has 0 bridgehead atoms. The number of aromatic hydroxyl groups is 2. The van der Waals surface area contributed by atoms with Crippen molar-refractivity contribution in [2.45, 2.75) is 19.8 Å². The van der Waals surface area contributed by atoms with Crippen LogP contribution in [-0.4, -0.2) is 34.9 Å². The van der Waals surface area contributed by atoms with Crippen molar-refractivity contribution in [2.75, 3.05) is 0 Å². The molecule has 0 radical (unpaired) electrons. The van der Waals surface area contributed by atoms with E-state index in [0.29, 0.717) is 27.8 Å². The molecule has 0 saturated carbocycles. The fourth-order valence-electron chi connectivity index (χ4n) is 3.59. The lowest BCUT2D eigenvalue weighted by atomic mass is 10.0. The molecule has 2 aromatic carbocycles. The SMILES string of the molecule is CC(C)c1cc2cc(-c3nnc(O)n3-c3cccc4scnc34)c(O)cc2[nH]c1=O. The van der Waals surface area contributed by atoms with Gasteiger partial charge in [-0.05, 0) is 35.6 Å². The number of para-hydroxylation sites is 1. The van der Waals surface area contributed by atoms with Gasteiger partial charge in [0.25, 0.3) is 5.56 Å². The molecule has 8 nitrogen and oxygen atoms in total. The molecule has 0 saturated heterocycles. The number of H-pyrrole nitrogens is 1. The van der Waals surface area contributed by atoms with Gasteiger partial charge in [-0.3, -0.25) is 4.79 Å². The summed E-state index contributed by atoms with van der Waals surface area (Å²) in [5.41, 5.74) is 4.40. The molecule has 9 heteroatoms. The number of pyridine rings is 1. The molecular weight excluding hydrogens is 402 g/mol. The number of hydrogen-bond donors (Lipinski definition) is 3. The predicted molar refractivity (Wildman–Crippen MR) is 116 cm³/mol. The van der Waals surface area contributed by atoms with Crippen molar-refractivity contribution in [2.24, 2.45) is 0 Å². The average Bonchev–Trinajstić information content (AvgIpc) is 3.33. The number of phenolic OH excluding ortho intramolecular Hbond substituents is 1. The molecule has 5 aromatic rings. The van der Waals surface area contributed by atoms with E-state index in [1.807, 2.05) is 32.0 Å². The van der Waals surface area contributed by atoms with Crippen LogP contribution in [0.2, 0.25) is 0 Å². The lowest BCUT2D eigenvalue weighted by molar-refractivity contribution is 0.420. The van der Waals surface area contributed by atoms with E-state index in [9.17, 15) is 15.0 Å². The minimum atomic E-state index is -0.311. The Balaban J connectivity index is 1.78. The maximum absolute atomic E-state index is 12.3. The number of aromatic nitrogens is 5. The first-order valence-electron chi connectivity index (χ1n) is 9.31. The molecule has 30 heavy (non-hydrogen) atoms. The zero-order valence-electron chi connectivity index (χ0n) is 16.1. The zero-order valence-corrected chi connectivity index (χ0v) is 16.9. The summed E-state index contributed by atoms with van der Waals surface area (Å²) in [5, 5.41) is 29.8. The van der Waals surface area contributed by atoms with E-state index in [1.54, 1.807) is 17.6 Å². The molecule has 3 heterocycles. The summed E-state index contributed by atoms with van der Waals surface area (Å²) in [6.07, 6.45) is 0. The summed E-state index contributed by atoms with van der Waals surface area (Å²) in [4.78, 5) is 19.5. The third-order valence-corrected chi connectivity index (χ3v) is 5.87. The van der Waals surface area contributed by atoms with E-state index in [-0.39, 0.29) is 29.1 Å². The van der Waals surface area contributed by atoms with Crippen LogP contribution in [0.15, 0.2) is 46.7 Å². The Labute approximate surface area is 174 Å². The molecule has 3 aromatic heterocycles. The van der Waals surface area contributed by atoms with Crippen LogP contribution in [0.1, 0.15) is 25.3 Å². The molecule has 0 fully saturated rings. The Hall–Kier alpha value is -3.72. The van der Waals surface area contributed by atoms with Gasteiger partial charge >= 0.3 is 6.01 Å². The highest BCUT2D eigenvalue weighted by Crippen LogP contribution is 2.36. The largest absolute Gasteiger partial charge is 0.507 e. The number of fused-ring (bicyclic) bond motifs is 2. The number of hydrogen-bond acceptors (Lipinski definition) is 7. The van der Waals surface area contributed by atoms with Gasteiger partial charge in [0, 0.05) is 11.6 Å². The number of aromatic amines is 1. The van der Waals surface area contributed by atoms with Crippen molar-refractivity contribution >= 4 is 32.5 Å². The van der Waals surface area contributed by atoms with E-state index in [4.69, 9.17) is 0 Å². The van der Waals surface area contributed by atoms with Crippen LogP contribution in [0, 0.1) is 0 Å². The van der Waals surface area contributed by atoms with Crippen LogP contribution in [0.5, 0.6) is 11.8 Å². The quantitative estimate of drug-likeness (QED) is 0.408. The highest BCUT2D eigenvalue weighted by atomic mass is 32.1. The van der Waals surface area contributed by atoms with Crippen molar-refractivity contribution in [3.05, 3.63) is 57.8 Å². The van der Waals surface area contributed by atoms with Crippen molar-refractivity contribution in [1.29, 1.82) is 0 Å². The van der Waals surface area contributed by atoms with Gasteiger partial charge in [-0.1, -0.05) is 25.0 Å².